The molecule has 0 fully saturated rings. The number of fused-ring (bicyclic) bond motifs is 1. The lowest BCUT2D eigenvalue weighted by atomic mass is 10.1. The van der Waals surface area contributed by atoms with Crippen molar-refractivity contribution < 1.29 is 18.7 Å². The van der Waals surface area contributed by atoms with E-state index >= 15 is 0 Å². The summed E-state index contributed by atoms with van der Waals surface area (Å²) >= 11 is 1.36. The second kappa shape index (κ2) is 7.85. The minimum absolute atomic E-state index is 0.217. The van der Waals surface area contributed by atoms with E-state index in [1.807, 2.05) is 24.3 Å². The van der Waals surface area contributed by atoms with Gasteiger partial charge in [0, 0.05) is 24.0 Å². The highest BCUT2D eigenvalue weighted by atomic mass is 32.1. The summed E-state index contributed by atoms with van der Waals surface area (Å²) < 4.78 is 24.3. The van der Waals surface area contributed by atoms with Crippen molar-refractivity contribution in [3.63, 3.8) is 0 Å². The quantitative estimate of drug-likeness (QED) is 0.673. The number of nitrogens with zero attached hydrogens (tertiary/aromatic N) is 1. The number of carbonyl (C=O) groups is 1. The van der Waals surface area contributed by atoms with E-state index in [0.29, 0.717) is 35.2 Å². The normalized spacial score (nSPS) is 12.1. The fraction of sp³-hybridized carbons (Fsp3) is 0.200. The molecule has 28 heavy (non-hydrogen) atoms. The van der Waals surface area contributed by atoms with Crippen LogP contribution in [0.25, 0.3) is 0 Å². The fourth-order valence-corrected chi connectivity index (χ4v) is 3.61. The monoisotopic (exact) mass is 399 g/mol. The average molecular weight is 399 g/mol. The van der Waals surface area contributed by atoms with E-state index in [2.05, 4.69) is 15.6 Å². The molecule has 1 aliphatic heterocycles. The van der Waals surface area contributed by atoms with Gasteiger partial charge in [0.25, 0.3) is 0 Å². The number of halogens is 1. The molecule has 0 radical (unpaired) electrons. The highest BCUT2D eigenvalue weighted by Crippen LogP contribution is 2.32. The molecule has 144 valence electrons. The average Bonchev–Trinajstić information content (AvgIpc) is 3.32. The Kier molecular flexibility index (Phi) is 5.12. The molecule has 0 spiro atoms. The molecule has 2 aromatic carbocycles. The molecule has 1 aliphatic rings. The molecule has 1 aromatic heterocycles. The number of aromatic nitrogens is 1. The molecular weight excluding hydrogens is 381 g/mol. The van der Waals surface area contributed by atoms with E-state index in [1.54, 1.807) is 19.2 Å². The standard InChI is InChI=1S/C20H18FN3O3S/c1-12-2-3-13(7-16(12)21)6-15-10-23-20(28-15)24-19(25)22-9-14-4-5-17-18(8-14)27-11-26-17/h2-5,7-8,10H,6,9,11H2,1H3,(H2,22,23,24,25). The van der Waals surface area contributed by atoms with Crippen LogP contribution in [0.15, 0.2) is 42.6 Å². The van der Waals surface area contributed by atoms with Gasteiger partial charge in [-0.2, -0.15) is 0 Å². The molecule has 2 heterocycles. The Hall–Kier alpha value is -3.13. The number of benzene rings is 2. The van der Waals surface area contributed by atoms with Crippen LogP contribution in [0.2, 0.25) is 0 Å². The number of hydrogen-bond acceptors (Lipinski definition) is 5. The van der Waals surface area contributed by atoms with Crippen molar-refractivity contribution in [2.45, 2.75) is 19.9 Å². The first-order valence-corrected chi connectivity index (χ1v) is 9.51. The van der Waals surface area contributed by atoms with E-state index in [-0.39, 0.29) is 18.6 Å². The van der Waals surface area contributed by atoms with Crippen LogP contribution in [-0.2, 0) is 13.0 Å². The summed E-state index contributed by atoms with van der Waals surface area (Å²) in [7, 11) is 0. The topological polar surface area (TPSA) is 72.5 Å². The first-order chi connectivity index (χ1) is 13.6. The van der Waals surface area contributed by atoms with Crippen molar-refractivity contribution >= 4 is 22.5 Å². The van der Waals surface area contributed by atoms with Crippen molar-refractivity contribution in [1.29, 1.82) is 0 Å². The van der Waals surface area contributed by atoms with Crippen LogP contribution in [0.3, 0.4) is 0 Å². The third-order valence-electron chi connectivity index (χ3n) is 4.28. The number of thiazole rings is 1. The predicted molar refractivity (Wildman–Crippen MR) is 104 cm³/mol. The van der Waals surface area contributed by atoms with Crippen molar-refractivity contribution in [2.75, 3.05) is 12.1 Å². The lowest BCUT2D eigenvalue weighted by molar-refractivity contribution is 0.174. The van der Waals surface area contributed by atoms with Gasteiger partial charge < -0.3 is 14.8 Å². The third-order valence-corrected chi connectivity index (χ3v) is 5.19. The molecule has 0 atom stereocenters. The van der Waals surface area contributed by atoms with Gasteiger partial charge in [0.15, 0.2) is 16.6 Å². The highest BCUT2D eigenvalue weighted by molar-refractivity contribution is 7.15. The Morgan fingerprint density at radius 3 is 2.86 bits per heavy atom. The molecule has 2 N–H and O–H groups in total. The van der Waals surface area contributed by atoms with E-state index in [1.165, 1.54) is 17.4 Å². The van der Waals surface area contributed by atoms with E-state index in [9.17, 15) is 9.18 Å². The minimum Gasteiger partial charge on any atom is -0.454 e. The van der Waals surface area contributed by atoms with Gasteiger partial charge in [0.2, 0.25) is 6.79 Å². The first-order valence-electron chi connectivity index (χ1n) is 8.70. The number of anilines is 1. The van der Waals surface area contributed by atoms with Gasteiger partial charge in [-0.05, 0) is 41.8 Å². The van der Waals surface area contributed by atoms with Crippen molar-refractivity contribution in [2.24, 2.45) is 0 Å². The van der Waals surface area contributed by atoms with Crippen LogP contribution in [0.5, 0.6) is 11.5 Å². The zero-order valence-electron chi connectivity index (χ0n) is 15.1. The summed E-state index contributed by atoms with van der Waals surface area (Å²) in [5.74, 6) is 1.16. The van der Waals surface area contributed by atoms with E-state index in [0.717, 1.165) is 16.0 Å². The van der Waals surface area contributed by atoms with Crippen LogP contribution in [-0.4, -0.2) is 17.8 Å². The molecule has 6 nitrogen and oxygen atoms in total. The number of urea groups is 1. The van der Waals surface area contributed by atoms with Gasteiger partial charge in [-0.15, -0.1) is 11.3 Å². The first kappa shape index (κ1) is 18.2. The SMILES string of the molecule is Cc1ccc(Cc2cnc(NC(=O)NCc3ccc4c(c3)OCO4)s2)cc1F. The second-order valence-corrected chi connectivity index (χ2v) is 7.50. The highest BCUT2D eigenvalue weighted by Gasteiger charge is 2.14. The molecule has 2 amide bonds. The Morgan fingerprint density at radius 2 is 2.00 bits per heavy atom. The second-order valence-electron chi connectivity index (χ2n) is 6.39. The maximum atomic E-state index is 13.7. The number of rotatable bonds is 5. The predicted octanol–water partition coefficient (Wildman–Crippen LogP) is 4.23. The number of nitrogens with one attached hydrogen (secondary N) is 2. The largest absolute Gasteiger partial charge is 0.454 e. The molecule has 8 heteroatoms. The van der Waals surface area contributed by atoms with Gasteiger partial charge in [-0.25, -0.2) is 14.2 Å². The Morgan fingerprint density at radius 1 is 1.18 bits per heavy atom. The number of ether oxygens (including phenoxy) is 2. The van der Waals surface area contributed by atoms with Gasteiger partial charge in [-0.1, -0.05) is 18.2 Å². The Balaban J connectivity index is 1.30. The zero-order chi connectivity index (χ0) is 19.5. The number of carbonyl (C=O) groups excluding carboxylic acids is 1. The number of aryl methyl sites for hydroxylation is 1. The summed E-state index contributed by atoms with van der Waals surface area (Å²) in [6.07, 6.45) is 2.26. The third kappa shape index (κ3) is 4.23. The smallest absolute Gasteiger partial charge is 0.321 e. The number of amides is 2. The van der Waals surface area contributed by atoms with Crippen molar-refractivity contribution in [3.8, 4) is 11.5 Å². The zero-order valence-corrected chi connectivity index (χ0v) is 15.9. The van der Waals surface area contributed by atoms with Gasteiger partial charge in [0.05, 0.1) is 0 Å². The van der Waals surface area contributed by atoms with Crippen LogP contribution < -0.4 is 20.1 Å². The lowest BCUT2D eigenvalue weighted by Gasteiger charge is -2.06. The van der Waals surface area contributed by atoms with Crippen LogP contribution in [0.4, 0.5) is 14.3 Å². The van der Waals surface area contributed by atoms with E-state index in [4.69, 9.17) is 9.47 Å². The molecule has 0 bridgehead atoms. The molecule has 0 aliphatic carbocycles. The Bertz CT molecular complexity index is 1020. The number of hydrogen-bond donors (Lipinski definition) is 2. The van der Waals surface area contributed by atoms with Crippen molar-refractivity contribution in [3.05, 3.63) is 70.0 Å². The van der Waals surface area contributed by atoms with Crippen LogP contribution >= 0.6 is 11.3 Å². The summed E-state index contributed by atoms with van der Waals surface area (Å²) in [5, 5.41) is 5.99. The maximum Gasteiger partial charge on any atom is 0.321 e. The fourth-order valence-electron chi connectivity index (χ4n) is 2.77. The molecule has 0 unspecified atom stereocenters. The Labute approximate surface area is 165 Å². The lowest BCUT2D eigenvalue weighted by Crippen LogP contribution is -2.28. The molecular formula is C20H18FN3O3S. The molecule has 0 saturated carbocycles. The summed E-state index contributed by atoms with van der Waals surface area (Å²) in [4.78, 5) is 17.3. The molecule has 0 saturated heterocycles. The van der Waals surface area contributed by atoms with Gasteiger partial charge >= 0.3 is 6.03 Å². The maximum absolute atomic E-state index is 13.7. The molecule has 3 aromatic rings. The van der Waals surface area contributed by atoms with Gasteiger partial charge in [-0.3, -0.25) is 5.32 Å². The molecule has 4 rings (SSSR count). The summed E-state index contributed by atoms with van der Waals surface area (Å²) in [6, 6.07) is 10.4. The van der Waals surface area contributed by atoms with Crippen molar-refractivity contribution in [1.82, 2.24) is 10.3 Å². The summed E-state index contributed by atoms with van der Waals surface area (Å²) in [5.41, 5.74) is 2.39. The van der Waals surface area contributed by atoms with Gasteiger partial charge in [0.1, 0.15) is 5.82 Å². The van der Waals surface area contributed by atoms with Crippen LogP contribution in [0, 0.1) is 12.7 Å². The van der Waals surface area contributed by atoms with Crippen LogP contribution in [0.1, 0.15) is 21.6 Å². The minimum atomic E-state index is -0.347. The van der Waals surface area contributed by atoms with E-state index < -0.39 is 0 Å². The summed E-state index contributed by atoms with van der Waals surface area (Å²) in [6.45, 7) is 2.30.